The maximum absolute atomic E-state index is 10.2. The van der Waals surface area contributed by atoms with E-state index in [-0.39, 0.29) is 12.2 Å². The van der Waals surface area contributed by atoms with E-state index in [0.717, 1.165) is 24.0 Å². The molecular weight excluding hydrogens is 188 g/mol. The predicted molar refractivity (Wildman–Crippen MR) is 59.7 cm³/mol. The minimum atomic E-state index is -0.476. The van der Waals surface area contributed by atoms with Crippen LogP contribution in [0.15, 0.2) is 24.3 Å². The summed E-state index contributed by atoms with van der Waals surface area (Å²) in [6.07, 6.45) is 1.79. The van der Waals surface area contributed by atoms with Gasteiger partial charge in [-0.2, -0.15) is 0 Å². The van der Waals surface area contributed by atoms with Crippen LogP contribution in [0.25, 0.3) is 0 Å². The largest absolute Gasteiger partial charge is 0.386 e. The summed E-state index contributed by atoms with van der Waals surface area (Å²) in [5.74, 6) is 0. The van der Waals surface area contributed by atoms with E-state index >= 15 is 0 Å². The number of hydrogen-bond donors (Lipinski definition) is 1. The standard InChI is InChI=1S/C13H18O2/c1-9-5-3-4-6-11(9)13(14)12-8-7-10(2)15-12/h3-6,10,12-14H,7-8H2,1-2H3. The van der Waals surface area contributed by atoms with Crippen molar-refractivity contribution < 1.29 is 9.84 Å². The number of ether oxygens (including phenoxy) is 1. The number of aliphatic hydroxyl groups excluding tert-OH is 1. The van der Waals surface area contributed by atoms with E-state index in [1.807, 2.05) is 31.2 Å². The fraction of sp³-hybridized carbons (Fsp3) is 0.538. The molecule has 15 heavy (non-hydrogen) atoms. The number of rotatable bonds is 2. The summed E-state index contributed by atoms with van der Waals surface area (Å²) in [4.78, 5) is 0. The molecule has 0 amide bonds. The van der Waals surface area contributed by atoms with Crippen molar-refractivity contribution in [3.05, 3.63) is 35.4 Å². The second kappa shape index (κ2) is 4.33. The van der Waals surface area contributed by atoms with Gasteiger partial charge in [0.15, 0.2) is 0 Å². The molecule has 1 saturated heterocycles. The van der Waals surface area contributed by atoms with Crippen LogP contribution in [-0.4, -0.2) is 17.3 Å². The number of hydrogen-bond acceptors (Lipinski definition) is 2. The van der Waals surface area contributed by atoms with Gasteiger partial charge in [0, 0.05) is 0 Å². The Morgan fingerprint density at radius 3 is 2.67 bits per heavy atom. The molecule has 1 N–H and O–H groups in total. The first kappa shape index (κ1) is 10.7. The van der Waals surface area contributed by atoms with Crippen molar-refractivity contribution >= 4 is 0 Å². The summed E-state index contributed by atoms with van der Waals surface area (Å²) < 4.78 is 5.68. The number of aliphatic hydroxyl groups is 1. The summed E-state index contributed by atoms with van der Waals surface area (Å²) >= 11 is 0. The van der Waals surface area contributed by atoms with E-state index < -0.39 is 6.10 Å². The molecule has 1 aromatic carbocycles. The monoisotopic (exact) mass is 206 g/mol. The van der Waals surface area contributed by atoms with Crippen LogP contribution in [0.5, 0.6) is 0 Å². The molecule has 3 unspecified atom stereocenters. The van der Waals surface area contributed by atoms with Gasteiger partial charge in [-0.25, -0.2) is 0 Å². The lowest BCUT2D eigenvalue weighted by Crippen LogP contribution is -2.19. The van der Waals surface area contributed by atoms with Crippen LogP contribution in [0.1, 0.15) is 37.0 Å². The van der Waals surface area contributed by atoms with Gasteiger partial charge < -0.3 is 9.84 Å². The highest BCUT2D eigenvalue weighted by molar-refractivity contribution is 5.28. The van der Waals surface area contributed by atoms with Crippen LogP contribution in [0, 0.1) is 6.92 Å². The highest BCUT2D eigenvalue weighted by atomic mass is 16.5. The van der Waals surface area contributed by atoms with Crippen LogP contribution in [0.3, 0.4) is 0 Å². The second-order valence-electron chi connectivity index (χ2n) is 4.36. The first-order valence-corrected chi connectivity index (χ1v) is 5.57. The Hall–Kier alpha value is -0.860. The number of aryl methyl sites for hydroxylation is 1. The van der Waals surface area contributed by atoms with Crippen molar-refractivity contribution in [1.29, 1.82) is 0 Å². The van der Waals surface area contributed by atoms with Crippen molar-refractivity contribution in [1.82, 2.24) is 0 Å². The molecule has 1 fully saturated rings. The van der Waals surface area contributed by atoms with Crippen LogP contribution in [0.4, 0.5) is 0 Å². The summed E-state index contributed by atoms with van der Waals surface area (Å²) in [7, 11) is 0. The molecule has 0 bridgehead atoms. The Balaban J connectivity index is 2.14. The first-order valence-electron chi connectivity index (χ1n) is 5.57. The maximum Gasteiger partial charge on any atom is 0.105 e. The van der Waals surface area contributed by atoms with E-state index in [2.05, 4.69) is 6.92 Å². The van der Waals surface area contributed by atoms with Crippen molar-refractivity contribution in [3.8, 4) is 0 Å². The predicted octanol–water partition coefficient (Wildman–Crippen LogP) is 2.60. The fourth-order valence-corrected chi connectivity index (χ4v) is 2.18. The quantitative estimate of drug-likeness (QED) is 0.806. The molecule has 1 aliphatic rings. The number of benzene rings is 1. The van der Waals surface area contributed by atoms with Gasteiger partial charge in [0.05, 0.1) is 12.2 Å². The zero-order valence-electron chi connectivity index (χ0n) is 9.31. The summed E-state index contributed by atoms with van der Waals surface area (Å²) in [6.45, 7) is 4.08. The van der Waals surface area contributed by atoms with E-state index in [4.69, 9.17) is 4.74 Å². The van der Waals surface area contributed by atoms with E-state index in [1.165, 1.54) is 0 Å². The van der Waals surface area contributed by atoms with Gasteiger partial charge in [-0.1, -0.05) is 24.3 Å². The summed E-state index contributed by atoms with van der Waals surface area (Å²) in [5, 5.41) is 10.2. The van der Waals surface area contributed by atoms with Crippen molar-refractivity contribution in [2.24, 2.45) is 0 Å². The molecule has 2 heteroatoms. The van der Waals surface area contributed by atoms with Gasteiger partial charge in [0.25, 0.3) is 0 Å². The molecule has 1 aliphatic heterocycles. The third-order valence-corrected chi connectivity index (χ3v) is 3.12. The molecule has 82 valence electrons. The minimum Gasteiger partial charge on any atom is -0.386 e. The average Bonchev–Trinajstić information content (AvgIpc) is 2.65. The Morgan fingerprint density at radius 2 is 2.07 bits per heavy atom. The zero-order chi connectivity index (χ0) is 10.8. The SMILES string of the molecule is Cc1ccccc1C(O)C1CCC(C)O1. The Morgan fingerprint density at radius 1 is 1.33 bits per heavy atom. The Kier molecular flexibility index (Phi) is 3.08. The van der Waals surface area contributed by atoms with Gasteiger partial charge in [-0.15, -0.1) is 0 Å². The molecule has 1 heterocycles. The van der Waals surface area contributed by atoms with Gasteiger partial charge in [0.2, 0.25) is 0 Å². The third kappa shape index (κ3) is 2.21. The highest BCUT2D eigenvalue weighted by Gasteiger charge is 2.29. The van der Waals surface area contributed by atoms with Crippen LogP contribution in [0.2, 0.25) is 0 Å². The summed E-state index contributed by atoms with van der Waals surface area (Å²) in [6, 6.07) is 7.96. The molecule has 0 aliphatic carbocycles. The normalized spacial score (nSPS) is 27.9. The van der Waals surface area contributed by atoms with E-state index in [1.54, 1.807) is 0 Å². The molecule has 1 aromatic rings. The van der Waals surface area contributed by atoms with Crippen LogP contribution >= 0.6 is 0 Å². The molecule has 0 aromatic heterocycles. The van der Waals surface area contributed by atoms with Crippen molar-refractivity contribution in [3.63, 3.8) is 0 Å². The molecule has 2 nitrogen and oxygen atoms in total. The van der Waals surface area contributed by atoms with Gasteiger partial charge >= 0.3 is 0 Å². The molecule has 2 rings (SSSR count). The molecule has 0 saturated carbocycles. The molecular formula is C13H18O2. The Bertz CT molecular complexity index is 335. The van der Waals surface area contributed by atoms with E-state index in [0.29, 0.717) is 0 Å². The molecule has 0 spiro atoms. The maximum atomic E-state index is 10.2. The van der Waals surface area contributed by atoms with Gasteiger partial charge in [-0.05, 0) is 37.8 Å². The second-order valence-corrected chi connectivity index (χ2v) is 4.36. The average molecular weight is 206 g/mol. The van der Waals surface area contributed by atoms with Gasteiger partial charge in [-0.3, -0.25) is 0 Å². The molecule has 3 atom stereocenters. The summed E-state index contributed by atoms with van der Waals surface area (Å²) in [5.41, 5.74) is 2.13. The van der Waals surface area contributed by atoms with Crippen LogP contribution < -0.4 is 0 Å². The molecule has 0 radical (unpaired) electrons. The van der Waals surface area contributed by atoms with E-state index in [9.17, 15) is 5.11 Å². The first-order chi connectivity index (χ1) is 7.18. The highest BCUT2D eigenvalue weighted by Crippen LogP contribution is 2.31. The van der Waals surface area contributed by atoms with Crippen molar-refractivity contribution in [2.45, 2.75) is 45.0 Å². The van der Waals surface area contributed by atoms with Gasteiger partial charge in [0.1, 0.15) is 6.10 Å². The Labute approximate surface area is 90.9 Å². The van der Waals surface area contributed by atoms with Crippen LogP contribution in [-0.2, 0) is 4.74 Å². The smallest absolute Gasteiger partial charge is 0.105 e. The minimum absolute atomic E-state index is 0.0268. The lowest BCUT2D eigenvalue weighted by Gasteiger charge is -2.20. The topological polar surface area (TPSA) is 29.5 Å². The fourth-order valence-electron chi connectivity index (χ4n) is 2.18. The lowest BCUT2D eigenvalue weighted by molar-refractivity contribution is -0.0299. The lowest BCUT2D eigenvalue weighted by atomic mass is 9.98. The zero-order valence-corrected chi connectivity index (χ0v) is 9.31. The van der Waals surface area contributed by atoms with Crippen molar-refractivity contribution in [2.75, 3.05) is 0 Å². The third-order valence-electron chi connectivity index (χ3n) is 3.12.